The molecule has 2 saturated heterocycles. The molecule has 2 aliphatic heterocycles. The molecule has 0 radical (unpaired) electrons. The minimum Gasteiger partial charge on any atom is -0.381 e. The molecule has 0 aromatic carbocycles. The molecule has 0 saturated carbocycles. The van der Waals surface area contributed by atoms with Crippen LogP contribution in [0.5, 0.6) is 0 Å². The number of thioether (sulfide) groups is 1. The third kappa shape index (κ3) is 3.64. The smallest absolute Gasteiger partial charge is 0.238 e. The second-order valence-corrected chi connectivity index (χ2v) is 5.53. The van der Waals surface area contributed by atoms with Gasteiger partial charge in [0.05, 0.1) is 6.04 Å². The van der Waals surface area contributed by atoms with E-state index in [4.69, 9.17) is 4.74 Å². The van der Waals surface area contributed by atoms with Gasteiger partial charge >= 0.3 is 0 Å². The van der Waals surface area contributed by atoms with Gasteiger partial charge in [-0.05, 0) is 18.8 Å². The lowest BCUT2D eigenvalue weighted by Gasteiger charge is -2.25. The minimum atomic E-state index is 0.0126. The van der Waals surface area contributed by atoms with Crippen molar-refractivity contribution in [1.82, 2.24) is 10.6 Å². The molecule has 2 fully saturated rings. The van der Waals surface area contributed by atoms with E-state index in [0.29, 0.717) is 5.92 Å². The van der Waals surface area contributed by atoms with Crippen LogP contribution >= 0.6 is 11.8 Å². The van der Waals surface area contributed by atoms with Crippen LogP contribution in [0.1, 0.15) is 12.8 Å². The molecule has 0 aromatic heterocycles. The monoisotopic (exact) mass is 244 g/mol. The summed E-state index contributed by atoms with van der Waals surface area (Å²) < 4.78 is 5.29. The Kier molecular flexibility index (Phi) is 4.93. The first-order valence-corrected chi connectivity index (χ1v) is 7.18. The van der Waals surface area contributed by atoms with Gasteiger partial charge in [-0.1, -0.05) is 0 Å². The van der Waals surface area contributed by atoms with Crippen molar-refractivity contribution in [3.8, 4) is 0 Å². The average molecular weight is 244 g/mol. The van der Waals surface area contributed by atoms with Crippen LogP contribution in [0.4, 0.5) is 0 Å². The maximum atomic E-state index is 11.8. The number of carbonyl (C=O) groups is 1. The summed E-state index contributed by atoms with van der Waals surface area (Å²) >= 11 is 1.85. The molecule has 0 aromatic rings. The SMILES string of the molecule is O=C(NCC1CCOCC1)C1CSCCN1. The number of rotatable bonds is 3. The number of hydrogen-bond acceptors (Lipinski definition) is 4. The Morgan fingerprint density at radius 1 is 1.44 bits per heavy atom. The van der Waals surface area contributed by atoms with Gasteiger partial charge in [-0.25, -0.2) is 0 Å². The fourth-order valence-corrected chi connectivity index (χ4v) is 2.99. The fraction of sp³-hybridized carbons (Fsp3) is 0.909. The fourth-order valence-electron chi connectivity index (χ4n) is 2.05. The Labute approximate surface area is 101 Å². The van der Waals surface area contributed by atoms with Crippen molar-refractivity contribution in [2.24, 2.45) is 5.92 Å². The van der Waals surface area contributed by atoms with Crippen LogP contribution in [-0.2, 0) is 9.53 Å². The van der Waals surface area contributed by atoms with Crippen molar-refractivity contribution < 1.29 is 9.53 Å². The quantitative estimate of drug-likeness (QED) is 0.746. The van der Waals surface area contributed by atoms with Crippen LogP contribution in [-0.4, -0.2) is 49.8 Å². The summed E-state index contributed by atoms with van der Waals surface area (Å²) in [6.45, 7) is 3.45. The summed E-state index contributed by atoms with van der Waals surface area (Å²) in [6.07, 6.45) is 2.15. The van der Waals surface area contributed by atoms with Crippen LogP contribution in [0, 0.1) is 5.92 Å². The maximum absolute atomic E-state index is 11.8. The van der Waals surface area contributed by atoms with Gasteiger partial charge in [0.2, 0.25) is 5.91 Å². The third-order valence-electron chi connectivity index (χ3n) is 3.14. The number of carbonyl (C=O) groups excluding carboxylic acids is 1. The minimum absolute atomic E-state index is 0.0126. The largest absolute Gasteiger partial charge is 0.381 e. The highest BCUT2D eigenvalue weighted by Gasteiger charge is 2.22. The van der Waals surface area contributed by atoms with E-state index in [1.54, 1.807) is 0 Å². The number of amides is 1. The van der Waals surface area contributed by atoms with Crippen molar-refractivity contribution >= 4 is 17.7 Å². The van der Waals surface area contributed by atoms with E-state index in [0.717, 1.165) is 50.7 Å². The first-order chi connectivity index (χ1) is 7.86. The molecule has 2 N–H and O–H groups in total. The Bertz CT molecular complexity index is 226. The Hall–Kier alpha value is -0.260. The van der Waals surface area contributed by atoms with Crippen molar-refractivity contribution in [3.05, 3.63) is 0 Å². The van der Waals surface area contributed by atoms with Crippen molar-refractivity contribution in [2.45, 2.75) is 18.9 Å². The number of nitrogens with one attached hydrogen (secondary N) is 2. The second kappa shape index (κ2) is 6.47. The normalized spacial score (nSPS) is 27.6. The summed E-state index contributed by atoms with van der Waals surface area (Å²) in [5.41, 5.74) is 0. The van der Waals surface area contributed by atoms with E-state index in [9.17, 15) is 4.79 Å². The first-order valence-electron chi connectivity index (χ1n) is 6.03. The zero-order valence-electron chi connectivity index (χ0n) is 9.54. The van der Waals surface area contributed by atoms with Crippen molar-refractivity contribution in [2.75, 3.05) is 37.8 Å². The van der Waals surface area contributed by atoms with Crippen LogP contribution in [0.2, 0.25) is 0 Å². The van der Waals surface area contributed by atoms with Gasteiger partial charge in [-0.15, -0.1) is 0 Å². The summed E-state index contributed by atoms with van der Waals surface area (Å²) in [6, 6.07) is 0.0126. The van der Waals surface area contributed by atoms with Crippen LogP contribution in [0.15, 0.2) is 0 Å². The van der Waals surface area contributed by atoms with Gasteiger partial charge in [0.1, 0.15) is 0 Å². The predicted octanol–water partition coefficient (Wildman–Crippen LogP) is 0.234. The molecule has 1 amide bonds. The van der Waals surface area contributed by atoms with Gasteiger partial charge in [-0.2, -0.15) is 11.8 Å². The molecule has 0 aliphatic carbocycles. The molecule has 16 heavy (non-hydrogen) atoms. The van der Waals surface area contributed by atoms with Crippen LogP contribution < -0.4 is 10.6 Å². The Balaban J connectivity index is 1.65. The molecule has 0 bridgehead atoms. The number of ether oxygens (including phenoxy) is 1. The van der Waals surface area contributed by atoms with Crippen molar-refractivity contribution in [3.63, 3.8) is 0 Å². The highest BCUT2D eigenvalue weighted by molar-refractivity contribution is 7.99. The maximum Gasteiger partial charge on any atom is 0.238 e. The molecule has 0 spiro atoms. The van der Waals surface area contributed by atoms with E-state index >= 15 is 0 Å². The van der Waals surface area contributed by atoms with Crippen LogP contribution in [0.25, 0.3) is 0 Å². The zero-order valence-corrected chi connectivity index (χ0v) is 10.4. The highest BCUT2D eigenvalue weighted by atomic mass is 32.2. The summed E-state index contributed by atoms with van der Waals surface area (Å²) in [4.78, 5) is 11.8. The summed E-state index contributed by atoms with van der Waals surface area (Å²) in [5.74, 6) is 2.79. The van der Waals surface area contributed by atoms with Gasteiger partial charge in [-0.3, -0.25) is 4.79 Å². The molecular weight excluding hydrogens is 224 g/mol. The van der Waals surface area contributed by atoms with E-state index in [2.05, 4.69) is 10.6 Å². The van der Waals surface area contributed by atoms with Gasteiger partial charge < -0.3 is 15.4 Å². The molecule has 2 rings (SSSR count). The summed E-state index contributed by atoms with van der Waals surface area (Å²) in [5, 5.41) is 6.30. The first kappa shape index (κ1) is 12.2. The summed E-state index contributed by atoms with van der Waals surface area (Å²) in [7, 11) is 0. The van der Waals surface area contributed by atoms with E-state index in [1.807, 2.05) is 11.8 Å². The van der Waals surface area contributed by atoms with Crippen molar-refractivity contribution in [1.29, 1.82) is 0 Å². The predicted molar refractivity (Wildman–Crippen MR) is 65.7 cm³/mol. The molecule has 1 atom stereocenters. The standard InChI is InChI=1S/C11H20N2O2S/c14-11(10-8-16-6-3-12-10)13-7-9-1-4-15-5-2-9/h9-10,12H,1-8H2,(H,13,14). The van der Waals surface area contributed by atoms with Gasteiger partial charge in [0, 0.05) is 37.8 Å². The third-order valence-corrected chi connectivity index (χ3v) is 4.21. The van der Waals surface area contributed by atoms with E-state index in [-0.39, 0.29) is 11.9 Å². The van der Waals surface area contributed by atoms with Crippen LogP contribution in [0.3, 0.4) is 0 Å². The zero-order chi connectivity index (χ0) is 11.2. The molecule has 92 valence electrons. The lowest BCUT2D eigenvalue weighted by atomic mass is 10.0. The average Bonchev–Trinajstić information content (AvgIpc) is 2.38. The molecule has 5 heteroatoms. The van der Waals surface area contributed by atoms with Gasteiger partial charge in [0.25, 0.3) is 0 Å². The topological polar surface area (TPSA) is 50.4 Å². The lowest BCUT2D eigenvalue weighted by Crippen LogP contribution is -2.50. The molecule has 4 nitrogen and oxygen atoms in total. The number of hydrogen-bond donors (Lipinski definition) is 2. The highest BCUT2D eigenvalue weighted by Crippen LogP contribution is 2.13. The Morgan fingerprint density at radius 2 is 2.25 bits per heavy atom. The van der Waals surface area contributed by atoms with Gasteiger partial charge in [0.15, 0.2) is 0 Å². The Morgan fingerprint density at radius 3 is 2.94 bits per heavy atom. The molecular formula is C11H20N2O2S. The lowest BCUT2D eigenvalue weighted by molar-refractivity contribution is -0.123. The molecule has 1 unspecified atom stereocenters. The van der Waals surface area contributed by atoms with E-state index < -0.39 is 0 Å². The second-order valence-electron chi connectivity index (χ2n) is 4.38. The molecule has 2 heterocycles. The van der Waals surface area contributed by atoms with E-state index in [1.165, 1.54) is 0 Å². The molecule has 2 aliphatic rings.